The number of hydrogen-bond acceptors (Lipinski definition) is 6. The van der Waals surface area contributed by atoms with Gasteiger partial charge in [-0.3, -0.25) is 0 Å². The molecule has 2 heterocycles. The lowest BCUT2D eigenvalue weighted by atomic mass is 10.0. The summed E-state index contributed by atoms with van der Waals surface area (Å²) in [4.78, 5) is 2.39. The van der Waals surface area contributed by atoms with E-state index in [1.165, 1.54) is 19.4 Å². The third kappa shape index (κ3) is 3.54. The number of phenolic OH excluding ortho intramolecular Hbond substituents is 1. The van der Waals surface area contributed by atoms with Gasteiger partial charge in [0, 0.05) is 12.3 Å². The van der Waals surface area contributed by atoms with Crippen LogP contribution in [0, 0.1) is 5.92 Å². The monoisotopic (exact) mass is 305 g/mol. The first kappa shape index (κ1) is 14.3. The van der Waals surface area contributed by atoms with E-state index in [-0.39, 0.29) is 5.75 Å². The first-order chi connectivity index (χ1) is 10.2. The van der Waals surface area contributed by atoms with Crippen LogP contribution in [0.2, 0.25) is 0 Å². The van der Waals surface area contributed by atoms with Gasteiger partial charge in [-0.05, 0) is 67.0 Å². The van der Waals surface area contributed by atoms with Gasteiger partial charge in [0.1, 0.15) is 5.75 Å². The second kappa shape index (κ2) is 6.44. The average molecular weight is 305 g/mol. The molecule has 2 aromatic rings. The van der Waals surface area contributed by atoms with Gasteiger partial charge in [-0.2, -0.15) is 4.68 Å². The van der Waals surface area contributed by atoms with Crippen molar-refractivity contribution in [1.29, 1.82) is 0 Å². The van der Waals surface area contributed by atoms with Crippen molar-refractivity contribution in [2.45, 2.75) is 18.0 Å². The molecule has 0 radical (unpaired) electrons. The lowest BCUT2D eigenvalue weighted by Gasteiger charge is -2.29. The number of phenols is 1. The molecule has 21 heavy (non-hydrogen) atoms. The number of hydrogen-bond donors (Lipinski definition) is 1. The minimum Gasteiger partial charge on any atom is -0.508 e. The Labute approximate surface area is 128 Å². The lowest BCUT2D eigenvalue weighted by molar-refractivity contribution is 0.224. The van der Waals surface area contributed by atoms with E-state index in [1.54, 1.807) is 28.6 Å². The van der Waals surface area contributed by atoms with Crippen LogP contribution in [0.4, 0.5) is 0 Å². The molecule has 6 nitrogen and oxygen atoms in total. The highest BCUT2D eigenvalue weighted by Gasteiger charge is 2.19. The summed E-state index contributed by atoms with van der Waals surface area (Å²) >= 11 is 1.70. The van der Waals surface area contributed by atoms with Crippen molar-refractivity contribution in [3.63, 3.8) is 0 Å². The second-order valence-electron chi connectivity index (χ2n) is 5.47. The van der Waals surface area contributed by atoms with Crippen LogP contribution in [0.3, 0.4) is 0 Å². The van der Waals surface area contributed by atoms with E-state index in [4.69, 9.17) is 0 Å². The van der Waals surface area contributed by atoms with Crippen molar-refractivity contribution in [1.82, 2.24) is 25.1 Å². The topological polar surface area (TPSA) is 67.1 Å². The van der Waals surface area contributed by atoms with E-state index in [0.29, 0.717) is 5.92 Å². The maximum atomic E-state index is 9.35. The zero-order chi connectivity index (χ0) is 14.7. The third-order valence-corrected chi connectivity index (χ3v) is 4.86. The SMILES string of the molecule is CN1CCC[C@H](CSc2nnnn2-c2ccc(O)cc2)C1. The van der Waals surface area contributed by atoms with Gasteiger partial charge in [0.2, 0.25) is 5.16 Å². The molecule has 1 aromatic carbocycles. The maximum Gasteiger partial charge on any atom is 0.214 e. The van der Waals surface area contributed by atoms with E-state index >= 15 is 0 Å². The quantitative estimate of drug-likeness (QED) is 0.869. The van der Waals surface area contributed by atoms with Crippen LogP contribution in [-0.4, -0.2) is 56.1 Å². The molecule has 1 saturated heterocycles. The molecule has 1 N–H and O–H groups in total. The number of aromatic hydroxyl groups is 1. The Balaban J connectivity index is 1.66. The minimum absolute atomic E-state index is 0.242. The van der Waals surface area contributed by atoms with Crippen LogP contribution in [0.5, 0.6) is 5.75 Å². The molecule has 0 spiro atoms. The summed E-state index contributed by atoms with van der Waals surface area (Å²) in [5.74, 6) is 1.97. The predicted octanol–water partition coefficient (Wildman–Crippen LogP) is 1.80. The molecular weight excluding hydrogens is 286 g/mol. The number of benzene rings is 1. The van der Waals surface area contributed by atoms with E-state index < -0.39 is 0 Å². The Hall–Kier alpha value is -1.60. The number of tetrazole rings is 1. The van der Waals surface area contributed by atoms with Crippen LogP contribution >= 0.6 is 11.8 Å². The fourth-order valence-corrected chi connectivity index (χ4v) is 3.64. The zero-order valence-electron chi connectivity index (χ0n) is 12.0. The largest absolute Gasteiger partial charge is 0.508 e. The molecule has 0 aliphatic carbocycles. The lowest BCUT2D eigenvalue weighted by Crippen LogP contribution is -2.33. The Morgan fingerprint density at radius 2 is 2.14 bits per heavy atom. The smallest absolute Gasteiger partial charge is 0.214 e. The van der Waals surface area contributed by atoms with Crippen molar-refractivity contribution in [3.8, 4) is 11.4 Å². The summed E-state index contributed by atoms with van der Waals surface area (Å²) in [5.41, 5.74) is 0.862. The summed E-state index contributed by atoms with van der Waals surface area (Å²) in [7, 11) is 2.18. The fraction of sp³-hybridized carbons (Fsp3) is 0.500. The Morgan fingerprint density at radius 1 is 1.33 bits per heavy atom. The molecule has 1 fully saturated rings. The summed E-state index contributed by atoms with van der Waals surface area (Å²) in [5, 5.41) is 22.1. The highest BCUT2D eigenvalue weighted by atomic mass is 32.2. The van der Waals surface area contributed by atoms with Crippen LogP contribution in [0.25, 0.3) is 5.69 Å². The predicted molar refractivity (Wildman–Crippen MR) is 81.8 cm³/mol. The number of thioether (sulfide) groups is 1. The highest BCUT2D eigenvalue weighted by molar-refractivity contribution is 7.99. The Kier molecular flexibility index (Phi) is 4.40. The van der Waals surface area contributed by atoms with Gasteiger partial charge >= 0.3 is 0 Å². The number of likely N-dealkylation sites (tertiary alicyclic amines) is 1. The van der Waals surface area contributed by atoms with E-state index in [2.05, 4.69) is 27.5 Å². The first-order valence-electron chi connectivity index (χ1n) is 7.11. The van der Waals surface area contributed by atoms with Gasteiger partial charge in [-0.25, -0.2) is 0 Å². The van der Waals surface area contributed by atoms with Gasteiger partial charge in [0.15, 0.2) is 0 Å². The van der Waals surface area contributed by atoms with Crippen molar-refractivity contribution in [3.05, 3.63) is 24.3 Å². The summed E-state index contributed by atoms with van der Waals surface area (Å²) < 4.78 is 1.72. The van der Waals surface area contributed by atoms with E-state index in [9.17, 15) is 5.11 Å². The van der Waals surface area contributed by atoms with Crippen molar-refractivity contribution in [2.75, 3.05) is 25.9 Å². The molecule has 0 bridgehead atoms. The van der Waals surface area contributed by atoms with Crippen molar-refractivity contribution in [2.24, 2.45) is 5.92 Å². The minimum atomic E-state index is 0.242. The normalized spacial score (nSPS) is 19.8. The van der Waals surface area contributed by atoms with E-state index in [1.807, 2.05) is 12.1 Å². The molecule has 1 aliphatic heterocycles. The number of rotatable bonds is 4. The van der Waals surface area contributed by atoms with Gasteiger partial charge < -0.3 is 10.0 Å². The van der Waals surface area contributed by atoms with Gasteiger partial charge in [-0.1, -0.05) is 11.8 Å². The van der Waals surface area contributed by atoms with Crippen LogP contribution in [-0.2, 0) is 0 Å². The third-order valence-electron chi connectivity index (χ3n) is 3.71. The molecule has 1 atom stereocenters. The molecule has 1 aliphatic rings. The summed E-state index contributed by atoms with van der Waals surface area (Å²) in [6, 6.07) is 6.90. The second-order valence-corrected chi connectivity index (χ2v) is 6.46. The standard InChI is InChI=1S/C14H19N5OS/c1-18-8-2-3-11(9-18)10-21-14-15-16-17-19(14)12-4-6-13(20)7-5-12/h4-7,11,20H,2-3,8-10H2,1H3/t11-/m0/s1. The highest BCUT2D eigenvalue weighted by Crippen LogP contribution is 2.25. The first-order valence-corrected chi connectivity index (χ1v) is 8.10. The Morgan fingerprint density at radius 3 is 2.90 bits per heavy atom. The molecule has 112 valence electrons. The number of nitrogens with zero attached hydrogens (tertiary/aromatic N) is 5. The molecule has 3 rings (SSSR count). The molecule has 1 aromatic heterocycles. The summed E-state index contributed by atoms with van der Waals surface area (Å²) in [6.45, 7) is 2.35. The number of piperidine rings is 1. The van der Waals surface area contributed by atoms with Crippen LogP contribution in [0.15, 0.2) is 29.4 Å². The van der Waals surface area contributed by atoms with Gasteiger partial charge in [0.05, 0.1) is 5.69 Å². The van der Waals surface area contributed by atoms with E-state index in [0.717, 1.165) is 23.1 Å². The number of aromatic nitrogens is 4. The van der Waals surface area contributed by atoms with Gasteiger partial charge in [-0.15, -0.1) is 5.10 Å². The zero-order valence-corrected chi connectivity index (χ0v) is 12.8. The molecule has 0 amide bonds. The fourth-order valence-electron chi connectivity index (χ4n) is 2.63. The molecule has 0 unspecified atom stereocenters. The van der Waals surface area contributed by atoms with Crippen molar-refractivity contribution >= 4 is 11.8 Å². The maximum absolute atomic E-state index is 9.35. The van der Waals surface area contributed by atoms with Crippen LogP contribution < -0.4 is 0 Å². The molecule has 7 heteroatoms. The van der Waals surface area contributed by atoms with Crippen LogP contribution in [0.1, 0.15) is 12.8 Å². The average Bonchev–Trinajstić information content (AvgIpc) is 2.94. The molecule has 0 saturated carbocycles. The summed E-state index contributed by atoms with van der Waals surface area (Å²) in [6.07, 6.45) is 2.54. The molecular formula is C14H19N5OS. The van der Waals surface area contributed by atoms with Gasteiger partial charge in [0.25, 0.3) is 0 Å². The Bertz CT molecular complexity index is 585. The van der Waals surface area contributed by atoms with Crippen molar-refractivity contribution < 1.29 is 5.11 Å².